The summed E-state index contributed by atoms with van der Waals surface area (Å²) in [5, 5.41) is 12.9. The zero-order valence-corrected chi connectivity index (χ0v) is 18.4. The molecule has 0 aliphatic heterocycles. The van der Waals surface area contributed by atoms with Crippen LogP contribution >= 0.6 is 34.4 Å². The number of nitrogens with one attached hydrogen (secondary N) is 2. The van der Waals surface area contributed by atoms with Crippen LogP contribution in [0.15, 0.2) is 38.9 Å². The number of hydrogen-bond acceptors (Lipinski definition) is 9. The lowest BCUT2D eigenvalue weighted by atomic mass is 10.2. The Balaban J connectivity index is 1.53. The summed E-state index contributed by atoms with van der Waals surface area (Å²) < 4.78 is 40.7. The topological polar surface area (TPSA) is 114 Å². The van der Waals surface area contributed by atoms with Gasteiger partial charge in [0.15, 0.2) is 9.47 Å². The number of carbonyl (C=O) groups excluding carboxylic acids is 1. The van der Waals surface area contributed by atoms with Crippen molar-refractivity contribution in [2.24, 2.45) is 0 Å². The Morgan fingerprint density at radius 3 is 2.69 bits per heavy atom. The Hall–Kier alpha value is -2.09. The molecular weight excluding hydrogens is 457 g/mol. The number of halogens is 1. The Morgan fingerprint density at radius 2 is 1.97 bits per heavy atom. The van der Waals surface area contributed by atoms with Crippen molar-refractivity contribution in [2.75, 3.05) is 15.8 Å². The van der Waals surface area contributed by atoms with Crippen molar-refractivity contribution in [3.63, 3.8) is 0 Å². The van der Waals surface area contributed by atoms with Crippen LogP contribution in [0.4, 0.5) is 14.7 Å². The van der Waals surface area contributed by atoms with E-state index in [9.17, 15) is 17.6 Å². The molecule has 3 rings (SSSR count). The molecule has 29 heavy (non-hydrogen) atoms. The standard InChI is InChI=1S/C16H16FN5O3S4/c1-2-26-16-21-20-14(28-16)19-13(23)8-5-11-9-27-15(18-11)22-29(24,25)12-6-3-10(17)4-7-12/h3-4,6-7,9H,2,5,8H2,1H3,(H,18,22)(H,19,20,23). The van der Waals surface area contributed by atoms with E-state index >= 15 is 0 Å². The van der Waals surface area contributed by atoms with Gasteiger partial charge in [-0.05, 0) is 36.4 Å². The van der Waals surface area contributed by atoms with Gasteiger partial charge in [0, 0.05) is 11.8 Å². The van der Waals surface area contributed by atoms with Gasteiger partial charge in [-0.2, -0.15) is 0 Å². The Kier molecular flexibility index (Phi) is 7.16. The summed E-state index contributed by atoms with van der Waals surface area (Å²) in [6.45, 7) is 2.01. The quantitative estimate of drug-likeness (QED) is 0.360. The van der Waals surface area contributed by atoms with Gasteiger partial charge in [0.2, 0.25) is 11.0 Å². The lowest BCUT2D eigenvalue weighted by Crippen LogP contribution is -2.13. The van der Waals surface area contributed by atoms with Gasteiger partial charge in [-0.3, -0.25) is 9.52 Å². The highest BCUT2D eigenvalue weighted by Gasteiger charge is 2.16. The van der Waals surface area contributed by atoms with E-state index in [1.807, 2.05) is 6.92 Å². The fourth-order valence-electron chi connectivity index (χ4n) is 2.12. The fourth-order valence-corrected chi connectivity index (χ4v) is 5.78. The number of sulfonamides is 1. The number of nitrogens with zero attached hydrogens (tertiary/aromatic N) is 3. The minimum Gasteiger partial charge on any atom is -0.300 e. The summed E-state index contributed by atoms with van der Waals surface area (Å²) in [5.41, 5.74) is 0.585. The van der Waals surface area contributed by atoms with E-state index in [1.54, 1.807) is 17.1 Å². The third kappa shape index (κ3) is 6.19. The van der Waals surface area contributed by atoms with Gasteiger partial charge in [0.1, 0.15) is 5.82 Å². The molecule has 1 amide bonds. The number of thiazole rings is 1. The van der Waals surface area contributed by atoms with Crippen LogP contribution in [0.25, 0.3) is 0 Å². The molecule has 2 N–H and O–H groups in total. The molecule has 3 aromatic rings. The highest BCUT2D eigenvalue weighted by Crippen LogP contribution is 2.25. The smallest absolute Gasteiger partial charge is 0.263 e. The largest absolute Gasteiger partial charge is 0.300 e. The molecule has 0 aliphatic rings. The van der Waals surface area contributed by atoms with Gasteiger partial charge in [0.25, 0.3) is 10.0 Å². The first kappa shape index (κ1) is 21.6. The van der Waals surface area contributed by atoms with E-state index in [4.69, 9.17) is 0 Å². The maximum Gasteiger partial charge on any atom is 0.263 e. The van der Waals surface area contributed by atoms with E-state index in [-0.39, 0.29) is 22.4 Å². The Labute approximate surface area is 179 Å². The van der Waals surface area contributed by atoms with Crippen molar-refractivity contribution in [3.8, 4) is 0 Å². The lowest BCUT2D eigenvalue weighted by molar-refractivity contribution is -0.116. The molecule has 2 heterocycles. The molecule has 0 atom stereocenters. The van der Waals surface area contributed by atoms with Crippen LogP contribution in [0.2, 0.25) is 0 Å². The monoisotopic (exact) mass is 473 g/mol. The van der Waals surface area contributed by atoms with Crippen molar-refractivity contribution >= 4 is 60.6 Å². The predicted octanol–water partition coefficient (Wildman–Crippen LogP) is 3.62. The minimum atomic E-state index is -3.86. The number of aryl methyl sites for hydroxylation is 1. The molecule has 0 spiro atoms. The zero-order valence-electron chi connectivity index (χ0n) is 15.1. The molecule has 0 aliphatic carbocycles. The van der Waals surface area contributed by atoms with Crippen molar-refractivity contribution in [1.82, 2.24) is 15.2 Å². The molecule has 2 aromatic heterocycles. The maximum absolute atomic E-state index is 13.0. The van der Waals surface area contributed by atoms with E-state index in [1.165, 1.54) is 23.5 Å². The van der Waals surface area contributed by atoms with Gasteiger partial charge in [-0.25, -0.2) is 17.8 Å². The summed E-state index contributed by atoms with van der Waals surface area (Å²) >= 11 is 3.97. The van der Waals surface area contributed by atoms with Gasteiger partial charge in [-0.15, -0.1) is 21.5 Å². The molecule has 0 bridgehead atoms. The molecule has 0 fully saturated rings. The van der Waals surface area contributed by atoms with Crippen LogP contribution in [0.3, 0.4) is 0 Å². The second-order valence-electron chi connectivity index (χ2n) is 5.56. The molecule has 0 saturated carbocycles. The van der Waals surface area contributed by atoms with Gasteiger partial charge < -0.3 is 5.32 Å². The Bertz CT molecular complexity index is 1080. The predicted molar refractivity (Wildman–Crippen MR) is 113 cm³/mol. The molecule has 154 valence electrons. The van der Waals surface area contributed by atoms with E-state index in [0.29, 0.717) is 17.2 Å². The van der Waals surface area contributed by atoms with Crippen molar-refractivity contribution in [1.29, 1.82) is 0 Å². The summed E-state index contributed by atoms with van der Waals surface area (Å²) in [4.78, 5) is 16.2. The van der Waals surface area contributed by atoms with Crippen LogP contribution in [0.5, 0.6) is 0 Å². The van der Waals surface area contributed by atoms with Crippen LogP contribution < -0.4 is 10.0 Å². The van der Waals surface area contributed by atoms with Crippen molar-refractivity contribution in [3.05, 3.63) is 41.2 Å². The number of carbonyl (C=O) groups is 1. The molecule has 0 unspecified atom stereocenters. The van der Waals surface area contributed by atoms with Gasteiger partial charge in [-0.1, -0.05) is 30.0 Å². The van der Waals surface area contributed by atoms with E-state index < -0.39 is 15.8 Å². The van der Waals surface area contributed by atoms with Crippen LogP contribution in [-0.4, -0.2) is 35.3 Å². The third-order valence-electron chi connectivity index (χ3n) is 3.43. The molecular formula is C16H16FN5O3S4. The molecule has 8 nitrogen and oxygen atoms in total. The first-order valence-corrected chi connectivity index (χ1v) is 12.5. The number of rotatable bonds is 9. The first-order valence-electron chi connectivity index (χ1n) is 8.34. The van der Waals surface area contributed by atoms with E-state index in [0.717, 1.165) is 33.6 Å². The van der Waals surface area contributed by atoms with Gasteiger partial charge in [0.05, 0.1) is 10.6 Å². The SMILES string of the molecule is CCSc1nnc(NC(=O)CCc2csc(NS(=O)(=O)c3ccc(F)cc3)n2)s1. The van der Waals surface area contributed by atoms with Crippen LogP contribution in [0, 0.1) is 5.82 Å². The maximum atomic E-state index is 13.0. The zero-order chi connectivity index (χ0) is 20.9. The summed E-state index contributed by atoms with van der Waals surface area (Å²) in [5.74, 6) is 0.128. The molecule has 13 heteroatoms. The lowest BCUT2D eigenvalue weighted by Gasteiger charge is -2.04. The number of hydrogen-bond donors (Lipinski definition) is 2. The van der Waals surface area contributed by atoms with Crippen LogP contribution in [0.1, 0.15) is 19.0 Å². The van der Waals surface area contributed by atoms with Gasteiger partial charge >= 0.3 is 0 Å². The summed E-state index contributed by atoms with van der Waals surface area (Å²) in [6.07, 6.45) is 0.514. The minimum absolute atomic E-state index is 0.0623. The summed E-state index contributed by atoms with van der Waals surface area (Å²) in [6, 6.07) is 4.49. The number of thioether (sulfide) groups is 1. The van der Waals surface area contributed by atoms with Crippen LogP contribution in [-0.2, 0) is 21.2 Å². The highest BCUT2D eigenvalue weighted by atomic mass is 32.2. The number of anilines is 2. The average Bonchev–Trinajstić information content (AvgIpc) is 3.30. The molecule has 0 radical (unpaired) electrons. The second-order valence-corrected chi connectivity index (χ2v) is 10.6. The highest BCUT2D eigenvalue weighted by molar-refractivity contribution is 8.01. The average molecular weight is 474 g/mol. The molecule has 1 aromatic carbocycles. The normalized spacial score (nSPS) is 11.4. The van der Waals surface area contributed by atoms with Crippen molar-refractivity contribution < 1.29 is 17.6 Å². The van der Waals surface area contributed by atoms with Crippen molar-refractivity contribution in [2.45, 2.75) is 29.0 Å². The number of benzene rings is 1. The molecule has 0 saturated heterocycles. The number of amides is 1. The fraction of sp³-hybridized carbons (Fsp3) is 0.250. The first-order chi connectivity index (χ1) is 13.9. The summed E-state index contributed by atoms with van der Waals surface area (Å²) in [7, 11) is -3.86. The van der Waals surface area contributed by atoms with E-state index in [2.05, 4.69) is 25.2 Å². The second kappa shape index (κ2) is 9.61. The third-order valence-corrected chi connectivity index (χ3v) is 7.57. The number of aromatic nitrogens is 3. The Morgan fingerprint density at radius 1 is 1.21 bits per heavy atom.